The molecule has 0 aliphatic carbocycles. The van der Waals surface area contributed by atoms with Crippen molar-refractivity contribution in [3.05, 3.63) is 89.4 Å². The van der Waals surface area contributed by atoms with E-state index < -0.39 is 24.2 Å². The number of amides is 2. The number of hydrogen-bond acceptors (Lipinski definition) is 5. The smallest absolute Gasteiger partial charge is 0.388 e. The summed E-state index contributed by atoms with van der Waals surface area (Å²) in [5.41, 5.74) is 2.35. The third-order valence-corrected chi connectivity index (χ3v) is 5.13. The molecule has 1 unspecified atom stereocenters. The lowest BCUT2D eigenvalue weighted by atomic mass is 10.0. The van der Waals surface area contributed by atoms with Crippen molar-refractivity contribution in [1.29, 1.82) is 0 Å². The Hall–Kier alpha value is -3.95. The van der Waals surface area contributed by atoms with E-state index in [4.69, 9.17) is 0 Å². The SMILES string of the molecule is O=C(NCc1ccc(OC(F)(F)F)nc1)C1c2ccccc2C(=O)N1CCc1ccccn1. The quantitative estimate of drug-likeness (QED) is 0.589. The van der Waals surface area contributed by atoms with Crippen LogP contribution in [-0.2, 0) is 17.8 Å². The number of hydrogen-bond donors (Lipinski definition) is 1. The molecule has 2 amide bonds. The van der Waals surface area contributed by atoms with Gasteiger partial charge < -0.3 is 15.0 Å². The molecule has 1 aliphatic rings. The molecule has 0 saturated heterocycles. The molecule has 10 heteroatoms. The van der Waals surface area contributed by atoms with Crippen molar-refractivity contribution in [3.63, 3.8) is 0 Å². The van der Waals surface area contributed by atoms with Crippen molar-refractivity contribution in [2.45, 2.75) is 25.4 Å². The first-order valence-electron chi connectivity index (χ1n) is 10.1. The lowest BCUT2D eigenvalue weighted by molar-refractivity contribution is -0.276. The van der Waals surface area contributed by atoms with Gasteiger partial charge in [0.25, 0.3) is 5.91 Å². The number of rotatable bonds is 7. The zero-order valence-electron chi connectivity index (χ0n) is 17.2. The van der Waals surface area contributed by atoms with Crippen molar-refractivity contribution < 1.29 is 27.5 Å². The van der Waals surface area contributed by atoms with Crippen molar-refractivity contribution in [2.24, 2.45) is 0 Å². The molecule has 0 spiro atoms. The van der Waals surface area contributed by atoms with Gasteiger partial charge in [0.05, 0.1) is 0 Å². The molecule has 0 bridgehead atoms. The molecular weight excluding hydrogens is 437 g/mol. The third kappa shape index (κ3) is 5.28. The highest BCUT2D eigenvalue weighted by Gasteiger charge is 2.40. The summed E-state index contributed by atoms with van der Waals surface area (Å²) < 4.78 is 40.6. The first-order chi connectivity index (χ1) is 15.8. The topological polar surface area (TPSA) is 84.4 Å². The minimum atomic E-state index is -4.83. The average Bonchev–Trinajstić information content (AvgIpc) is 3.08. The molecule has 1 N–H and O–H groups in total. The van der Waals surface area contributed by atoms with E-state index >= 15 is 0 Å². The average molecular weight is 456 g/mol. The normalized spacial score (nSPS) is 15.3. The molecule has 2 aromatic heterocycles. The molecule has 0 radical (unpaired) electrons. The predicted octanol–water partition coefficient (Wildman–Crippen LogP) is 3.43. The zero-order valence-corrected chi connectivity index (χ0v) is 17.2. The van der Waals surface area contributed by atoms with Crippen LogP contribution >= 0.6 is 0 Å². The van der Waals surface area contributed by atoms with E-state index in [2.05, 4.69) is 20.0 Å². The molecule has 4 rings (SSSR count). The maximum absolute atomic E-state index is 13.1. The molecule has 33 heavy (non-hydrogen) atoms. The summed E-state index contributed by atoms with van der Waals surface area (Å²) >= 11 is 0. The highest BCUT2D eigenvalue weighted by atomic mass is 19.4. The number of nitrogens with one attached hydrogen (secondary N) is 1. The van der Waals surface area contributed by atoms with Gasteiger partial charge in [0, 0.05) is 49.2 Å². The van der Waals surface area contributed by atoms with Crippen LogP contribution in [0.3, 0.4) is 0 Å². The second-order valence-electron chi connectivity index (χ2n) is 7.33. The molecule has 3 heterocycles. The Morgan fingerprint density at radius 3 is 2.55 bits per heavy atom. The lowest BCUT2D eigenvalue weighted by Gasteiger charge is -2.24. The maximum Gasteiger partial charge on any atom is 0.574 e. The summed E-state index contributed by atoms with van der Waals surface area (Å²) in [7, 11) is 0. The van der Waals surface area contributed by atoms with Gasteiger partial charge in [-0.05, 0) is 29.3 Å². The summed E-state index contributed by atoms with van der Waals surface area (Å²) in [4.78, 5) is 35.4. The number of benzene rings is 1. The Bertz CT molecular complexity index is 1140. The first kappa shape index (κ1) is 22.3. The van der Waals surface area contributed by atoms with Crippen LogP contribution in [0, 0.1) is 0 Å². The molecule has 170 valence electrons. The second-order valence-corrected chi connectivity index (χ2v) is 7.33. The molecule has 3 aromatic rings. The van der Waals surface area contributed by atoms with Gasteiger partial charge in [0.15, 0.2) is 0 Å². The molecule has 7 nitrogen and oxygen atoms in total. The number of pyridine rings is 2. The Labute approximate surface area is 187 Å². The van der Waals surface area contributed by atoms with Crippen molar-refractivity contribution in [1.82, 2.24) is 20.2 Å². The Morgan fingerprint density at radius 2 is 1.85 bits per heavy atom. The Morgan fingerprint density at radius 1 is 1.06 bits per heavy atom. The number of ether oxygens (including phenoxy) is 1. The van der Waals surface area contributed by atoms with E-state index in [9.17, 15) is 22.8 Å². The third-order valence-electron chi connectivity index (χ3n) is 5.13. The van der Waals surface area contributed by atoms with Crippen LogP contribution in [0.15, 0.2) is 67.0 Å². The van der Waals surface area contributed by atoms with Crippen LogP contribution in [-0.4, -0.2) is 39.6 Å². The number of nitrogens with zero attached hydrogens (tertiary/aromatic N) is 3. The number of aromatic nitrogens is 2. The number of alkyl halides is 3. The molecular formula is C23H19F3N4O3. The fraction of sp³-hybridized carbons (Fsp3) is 0.217. The summed E-state index contributed by atoms with van der Waals surface area (Å²) in [5.74, 6) is -1.23. The van der Waals surface area contributed by atoms with Crippen LogP contribution < -0.4 is 10.1 Å². The summed E-state index contributed by atoms with van der Waals surface area (Å²) in [6, 6.07) is 14.1. The number of carbonyl (C=O) groups excluding carboxylic acids is 2. The largest absolute Gasteiger partial charge is 0.574 e. The van der Waals surface area contributed by atoms with Gasteiger partial charge >= 0.3 is 6.36 Å². The van der Waals surface area contributed by atoms with E-state index in [0.29, 0.717) is 29.7 Å². The van der Waals surface area contributed by atoms with Crippen molar-refractivity contribution in [2.75, 3.05) is 6.54 Å². The van der Waals surface area contributed by atoms with E-state index in [1.54, 1.807) is 36.5 Å². The van der Waals surface area contributed by atoms with E-state index in [1.807, 2.05) is 12.1 Å². The van der Waals surface area contributed by atoms with Crippen LogP contribution in [0.25, 0.3) is 0 Å². The number of fused-ring (bicyclic) bond motifs is 1. The Kier molecular flexibility index (Phi) is 6.25. The Balaban J connectivity index is 1.46. The van der Waals surface area contributed by atoms with Crippen LogP contribution in [0.1, 0.15) is 33.2 Å². The standard InChI is InChI=1S/C23H19F3N4O3/c24-23(25,26)33-19-9-8-15(13-28-19)14-29-21(31)20-17-6-1-2-7-18(17)22(32)30(20)12-10-16-5-3-4-11-27-16/h1-9,11,13,20H,10,12,14H2,(H,29,31). The predicted molar refractivity (Wildman–Crippen MR) is 111 cm³/mol. The first-order valence-corrected chi connectivity index (χ1v) is 10.1. The van der Waals surface area contributed by atoms with Crippen LogP contribution in [0.4, 0.5) is 13.2 Å². The number of carbonyl (C=O) groups is 2. The highest BCUT2D eigenvalue weighted by molar-refractivity contribution is 6.04. The van der Waals surface area contributed by atoms with E-state index in [-0.39, 0.29) is 12.5 Å². The van der Waals surface area contributed by atoms with Gasteiger partial charge in [-0.15, -0.1) is 13.2 Å². The summed E-state index contributed by atoms with van der Waals surface area (Å²) in [6.07, 6.45) is -1.49. The van der Waals surface area contributed by atoms with Crippen molar-refractivity contribution >= 4 is 11.8 Å². The van der Waals surface area contributed by atoms with E-state index in [0.717, 1.165) is 11.8 Å². The minimum absolute atomic E-state index is 0.0269. The fourth-order valence-corrected chi connectivity index (χ4v) is 3.64. The van der Waals surface area contributed by atoms with E-state index in [1.165, 1.54) is 17.2 Å². The summed E-state index contributed by atoms with van der Waals surface area (Å²) in [6.45, 7) is 0.326. The molecule has 1 atom stereocenters. The van der Waals surface area contributed by atoms with Gasteiger partial charge in [-0.2, -0.15) is 0 Å². The maximum atomic E-state index is 13.1. The van der Waals surface area contributed by atoms with Gasteiger partial charge in [0.1, 0.15) is 6.04 Å². The van der Waals surface area contributed by atoms with Gasteiger partial charge in [-0.3, -0.25) is 14.6 Å². The monoisotopic (exact) mass is 456 g/mol. The molecule has 1 aliphatic heterocycles. The van der Waals surface area contributed by atoms with Crippen molar-refractivity contribution in [3.8, 4) is 5.88 Å². The molecule has 0 saturated carbocycles. The van der Waals surface area contributed by atoms with Gasteiger partial charge in [-0.1, -0.05) is 30.3 Å². The highest BCUT2D eigenvalue weighted by Crippen LogP contribution is 2.33. The minimum Gasteiger partial charge on any atom is -0.388 e. The summed E-state index contributed by atoms with van der Waals surface area (Å²) in [5, 5.41) is 2.75. The molecule has 1 aromatic carbocycles. The van der Waals surface area contributed by atoms with Gasteiger partial charge in [-0.25, -0.2) is 4.98 Å². The second kappa shape index (κ2) is 9.27. The number of halogens is 3. The molecule has 0 fully saturated rings. The van der Waals surface area contributed by atoms with Gasteiger partial charge in [0.2, 0.25) is 11.8 Å². The lowest BCUT2D eigenvalue weighted by Crippen LogP contribution is -2.40. The fourth-order valence-electron chi connectivity index (χ4n) is 3.64. The zero-order chi connectivity index (χ0) is 23.4. The van der Waals surface area contributed by atoms with Crippen LogP contribution in [0.2, 0.25) is 0 Å². The van der Waals surface area contributed by atoms with Crippen LogP contribution in [0.5, 0.6) is 5.88 Å².